The first-order valence-corrected chi connectivity index (χ1v) is 9.77. The highest BCUT2D eigenvalue weighted by atomic mass is 79.9. The van der Waals surface area contributed by atoms with Gasteiger partial charge in [-0.05, 0) is 17.7 Å². The number of amides is 1. The van der Waals surface area contributed by atoms with Crippen molar-refractivity contribution in [2.24, 2.45) is 5.10 Å². The van der Waals surface area contributed by atoms with E-state index in [0.717, 1.165) is 42.8 Å². The van der Waals surface area contributed by atoms with Gasteiger partial charge in [-0.1, -0.05) is 58.4 Å². The van der Waals surface area contributed by atoms with Crippen molar-refractivity contribution in [1.82, 2.24) is 5.43 Å². The molecule has 0 unspecified atom stereocenters. The second-order valence-corrected chi connectivity index (χ2v) is 7.60. The highest BCUT2D eigenvalue weighted by Gasteiger charge is 2.24. The van der Waals surface area contributed by atoms with Gasteiger partial charge in [-0.2, -0.15) is 5.10 Å². The van der Waals surface area contributed by atoms with Crippen molar-refractivity contribution in [3.8, 4) is 0 Å². The van der Waals surface area contributed by atoms with Crippen LogP contribution in [0, 0.1) is 0 Å². The van der Waals surface area contributed by atoms with Crippen molar-refractivity contribution < 1.29 is 14.6 Å². The fraction of sp³-hybridized carbons (Fsp3) is 0.300. The lowest BCUT2D eigenvalue weighted by molar-refractivity contribution is -1.02. The van der Waals surface area contributed by atoms with Gasteiger partial charge in [0, 0.05) is 10.0 Å². The number of quaternary nitrogens is 2. The van der Waals surface area contributed by atoms with Crippen molar-refractivity contribution in [3.63, 3.8) is 0 Å². The molecule has 0 saturated carbocycles. The molecule has 2 aromatic carbocycles. The van der Waals surface area contributed by atoms with Crippen molar-refractivity contribution in [1.29, 1.82) is 0 Å². The summed E-state index contributed by atoms with van der Waals surface area (Å²) in [5.41, 5.74) is 4.97. The van der Waals surface area contributed by atoms with Crippen LogP contribution >= 0.6 is 15.9 Å². The van der Waals surface area contributed by atoms with Gasteiger partial charge in [-0.25, -0.2) is 5.43 Å². The number of nitrogens with zero attached hydrogens (tertiary/aromatic N) is 1. The summed E-state index contributed by atoms with van der Waals surface area (Å²) in [7, 11) is 0. The number of hydrazone groups is 1. The fourth-order valence-electron chi connectivity index (χ4n) is 3.19. The Labute approximate surface area is 162 Å². The molecule has 3 rings (SSSR count). The Morgan fingerprint density at radius 3 is 2.35 bits per heavy atom. The quantitative estimate of drug-likeness (QED) is 0.446. The number of carbonyl (C=O) groups excluding carboxylic acids is 1. The average Bonchev–Trinajstić information content (AvgIpc) is 2.66. The van der Waals surface area contributed by atoms with E-state index in [2.05, 4.69) is 56.8 Å². The van der Waals surface area contributed by atoms with Gasteiger partial charge >= 0.3 is 0 Å². The normalized spacial score (nSPS) is 20.2. The van der Waals surface area contributed by atoms with Gasteiger partial charge in [0.2, 0.25) is 0 Å². The monoisotopic (exact) mass is 416 g/mol. The van der Waals surface area contributed by atoms with Crippen LogP contribution in [0.1, 0.15) is 11.1 Å². The molecule has 0 bridgehead atoms. The Morgan fingerprint density at radius 1 is 1.00 bits per heavy atom. The number of piperazine rings is 1. The predicted molar refractivity (Wildman–Crippen MR) is 106 cm³/mol. The number of hydrogen-bond donors (Lipinski definition) is 3. The average molecular weight is 417 g/mol. The van der Waals surface area contributed by atoms with E-state index in [1.807, 2.05) is 24.3 Å². The Morgan fingerprint density at radius 2 is 1.65 bits per heavy atom. The molecular weight excluding hydrogens is 392 g/mol. The van der Waals surface area contributed by atoms with Gasteiger partial charge in [-0.3, -0.25) is 4.79 Å². The van der Waals surface area contributed by atoms with Crippen LogP contribution in [0.4, 0.5) is 0 Å². The summed E-state index contributed by atoms with van der Waals surface area (Å²) < 4.78 is 1.02. The molecule has 5 nitrogen and oxygen atoms in total. The largest absolute Gasteiger partial charge is 0.322 e. The van der Waals surface area contributed by atoms with E-state index in [4.69, 9.17) is 0 Å². The molecule has 0 aliphatic carbocycles. The fourth-order valence-corrected chi connectivity index (χ4v) is 3.45. The van der Waals surface area contributed by atoms with Gasteiger partial charge in [0.1, 0.15) is 32.7 Å². The van der Waals surface area contributed by atoms with Crippen molar-refractivity contribution in [2.45, 2.75) is 6.54 Å². The van der Waals surface area contributed by atoms with E-state index < -0.39 is 0 Å². The minimum atomic E-state index is -0.0279. The maximum Gasteiger partial charge on any atom is 0.295 e. The van der Waals surface area contributed by atoms with Crippen LogP contribution in [0.25, 0.3) is 0 Å². The molecule has 1 saturated heterocycles. The van der Waals surface area contributed by atoms with Crippen molar-refractivity contribution in [2.75, 3.05) is 32.7 Å². The van der Waals surface area contributed by atoms with Crippen LogP contribution in [0.5, 0.6) is 0 Å². The second-order valence-electron chi connectivity index (χ2n) is 6.68. The molecule has 2 aromatic rings. The third kappa shape index (κ3) is 6.05. The van der Waals surface area contributed by atoms with Crippen LogP contribution in [0.3, 0.4) is 0 Å². The molecule has 0 aromatic heterocycles. The zero-order chi connectivity index (χ0) is 18.2. The molecule has 1 fully saturated rings. The molecule has 6 heteroatoms. The molecule has 0 atom stereocenters. The Hall–Kier alpha value is -2.02. The molecule has 1 heterocycles. The lowest BCUT2D eigenvalue weighted by atomic mass is 10.2. The number of benzene rings is 2. The molecule has 1 aliphatic heterocycles. The van der Waals surface area contributed by atoms with Gasteiger partial charge < -0.3 is 9.80 Å². The Bertz CT molecular complexity index is 725. The molecule has 0 spiro atoms. The van der Waals surface area contributed by atoms with Gasteiger partial charge in [-0.15, -0.1) is 0 Å². The minimum Gasteiger partial charge on any atom is -0.322 e. The van der Waals surface area contributed by atoms with E-state index >= 15 is 0 Å². The first kappa shape index (κ1) is 18.8. The standard InChI is InChI=1S/C20H23BrN4O/c21-19-8-6-17(7-9-19)14-22-23-20(26)16-25-12-10-24(11-13-25)15-18-4-2-1-3-5-18/h1-9,14H,10-13,15-16H2,(H,23,26)/p+2. The zero-order valence-corrected chi connectivity index (χ0v) is 16.3. The second kappa shape index (κ2) is 9.62. The summed E-state index contributed by atoms with van der Waals surface area (Å²) in [5.74, 6) is -0.0279. The number of carbonyl (C=O) groups is 1. The SMILES string of the molecule is O=C(C[NH+]1CC[NH+](Cc2ccccc2)CC1)NN=Cc1ccc(Br)cc1. The third-order valence-electron chi connectivity index (χ3n) is 4.64. The number of halogens is 1. The van der Waals surface area contributed by atoms with E-state index in [1.165, 1.54) is 10.5 Å². The highest BCUT2D eigenvalue weighted by molar-refractivity contribution is 9.10. The molecule has 0 radical (unpaired) electrons. The summed E-state index contributed by atoms with van der Waals surface area (Å²) in [4.78, 5) is 15.0. The number of nitrogens with one attached hydrogen (secondary N) is 3. The first-order chi connectivity index (χ1) is 12.7. The number of hydrogen-bond acceptors (Lipinski definition) is 2. The lowest BCUT2D eigenvalue weighted by Gasteiger charge is -2.29. The third-order valence-corrected chi connectivity index (χ3v) is 5.17. The molecule has 1 amide bonds. The van der Waals surface area contributed by atoms with Crippen LogP contribution < -0.4 is 15.2 Å². The van der Waals surface area contributed by atoms with Crippen LogP contribution in [-0.4, -0.2) is 44.8 Å². The molecular formula is C20H25BrN4O+2. The van der Waals surface area contributed by atoms with E-state index in [0.29, 0.717) is 6.54 Å². The number of rotatable bonds is 6. The summed E-state index contributed by atoms with van der Waals surface area (Å²) in [6.45, 7) is 5.78. The van der Waals surface area contributed by atoms with Gasteiger partial charge in [0.25, 0.3) is 5.91 Å². The van der Waals surface area contributed by atoms with E-state index in [-0.39, 0.29) is 5.91 Å². The topological polar surface area (TPSA) is 50.3 Å². The predicted octanol–water partition coefficient (Wildman–Crippen LogP) is -0.117. The highest BCUT2D eigenvalue weighted by Crippen LogP contribution is 2.08. The van der Waals surface area contributed by atoms with Crippen LogP contribution in [0.2, 0.25) is 0 Å². The van der Waals surface area contributed by atoms with E-state index in [1.54, 1.807) is 11.1 Å². The summed E-state index contributed by atoms with van der Waals surface area (Å²) in [5, 5.41) is 4.05. The zero-order valence-electron chi connectivity index (χ0n) is 14.7. The maximum absolute atomic E-state index is 12.1. The van der Waals surface area contributed by atoms with E-state index in [9.17, 15) is 4.79 Å². The Kier molecular flexibility index (Phi) is 6.94. The Balaban J connectivity index is 1.37. The van der Waals surface area contributed by atoms with Gasteiger partial charge in [0.05, 0.1) is 6.21 Å². The minimum absolute atomic E-state index is 0.0279. The molecule has 136 valence electrons. The summed E-state index contributed by atoms with van der Waals surface area (Å²) in [6, 6.07) is 18.4. The van der Waals surface area contributed by atoms with Gasteiger partial charge in [0.15, 0.2) is 6.54 Å². The first-order valence-electron chi connectivity index (χ1n) is 8.97. The molecule has 26 heavy (non-hydrogen) atoms. The summed E-state index contributed by atoms with van der Waals surface area (Å²) >= 11 is 3.40. The van der Waals surface area contributed by atoms with Crippen molar-refractivity contribution in [3.05, 3.63) is 70.2 Å². The summed E-state index contributed by atoms with van der Waals surface area (Å²) in [6.07, 6.45) is 1.67. The molecule has 1 aliphatic rings. The van der Waals surface area contributed by atoms with Crippen LogP contribution in [-0.2, 0) is 11.3 Å². The smallest absolute Gasteiger partial charge is 0.295 e. The van der Waals surface area contributed by atoms with Crippen LogP contribution in [0.15, 0.2) is 64.2 Å². The lowest BCUT2D eigenvalue weighted by Crippen LogP contribution is -3.28. The van der Waals surface area contributed by atoms with Crippen molar-refractivity contribution >= 4 is 28.1 Å². The molecule has 3 N–H and O–H groups in total. The maximum atomic E-state index is 12.1.